The molecular weight excluding hydrogens is 257 g/mol. The summed E-state index contributed by atoms with van der Waals surface area (Å²) in [4.78, 5) is 18.7. The fourth-order valence-electron chi connectivity index (χ4n) is 1.65. The summed E-state index contributed by atoms with van der Waals surface area (Å²) < 4.78 is 38.6. The Hall–Kier alpha value is -2.24. The van der Waals surface area contributed by atoms with Crippen molar-refractivity contribution < 1.29 is 18.0 Å². The Morgan fingerprint density at radius 3 is 2.47 bits per heavy atom. The van der Waals surface area contributed by atoms with Crippen molar-refractivity contribution >= 4 is 5.78 Å². The fourth-order valence-corrected chi connectivity index (χ4v) is 1.65. The summed E-state index contributed by atoms with van der Waals surface area (Å²) in [7, 11) is 0. The molecule has 0 aliphatic heterocycles. The fraction of sp³-hybridized carbons (Fsp3) is 0.154. The van der Waals surface area contributed by atoms with Crippen molar-refractivity contribution in [1.82, 2.24) is 9.97 Å². The van der Waals surface area contributed by atoms with Gasteiger partial charge < -0.3 is 0 Å². The van der Waals surface area contributed by atoms with Crippen LogP contribution in [0.2, 0.25) is 0 Å². The number of rotatable bonds is 2. The lowest BCUT2D eigenvalue weighted by Crippen LogP contribution is -2.08. The van der Waals surface area contributed by atoms with Crippen LogP contribution in [-0.2, 0) is 6.18 Å². The Balaban J connectivity index is 2.60. The molecule has 0 bridgehead atoms. The molecule has 0 saturated carbocycles. The number of hydrogen-bond acceptors (Lipinski definition) is 3. The van der Waals surface area contributed by atoms with E-state index in [2.05, 4.69) is 9.97 Å². The summed E-state index contributed by atoms with van der Waals surface area (Å²) in [5.74, 6) is -0.326. The van der Waals surface area contributed by atoms with Crippen molar-refractivity contribution in [2.75, 3.05) is 0 Å². The number of Topliss-reactive ketones (excluding diaryl/α,β-unsaturated/α-hetero) is 1. The van der Waals surface area contributed by atoms with Crippen LogP contribution in [0, 0.1) is 0 Å². The van der Waals surface area contributed by atoms with Crippen LogP contribution in [0.5, 0.6) is 0 Å². The van der Waals surface area contributed by atoms with Gasteiger partial charge in [-0.05, 0) is 12.1 Å². The van der Waals surface area contributed by atoms with E-state index in [1.54, 1.807) is 0 Å². The average Bonchev–Trinajstić information content (AvgIpc) is 2.38. The zero-order chi connectivity index (χ0) is 14.0. The maximum atomic E-state index is 12.9. The number of carbonyl (C=O) groups excluding carboxylic acids is 1. The molecule has 0 fully saturated rings. The van der Waals surface area contributed by atoms with Crippen molar-refractivity contribution in [3.05, 3.63) is 47.9 Å². The number of halogens is 3. The smallest absolute Gasteiger partial charge is 0.293 e. The van der Waals surface area contributed by atoms with E-state index in [0.29, 0.717) is 0 Å². The molecule has 0 N–H and O–H groups in total. The van der Waals surface area contributed by atoms with Crippen molar-refractivity contribution in [3.8, 4) is 11.3 Å². The van der Waals surface area contributed by atoms with E-state index in [-0.39, 0.29) is 22.7 Å². The SMILES string of the molecule is CC(=O)c1cc(-c2ccccc2C(F)(F)F)ncn1. The molecule has 0 atom stereocenters. The average molecular weight is 266 g/mol. The number of carbonyl (C=O) groups is 1. The van der Waals surface area contributed by atoms with E-state index < -0.39 is 11.7 Å². The molecule has 0 aliphatic carbocycles. The topological polar surface area (TPSA) is 42.9 Å². The molecule has 0 saturated heterocycles. The van der Waals surface area contributed by atoms with Gasteiger partial charge in [-0.15, -0.1) is 0 Å². The van der Waals surface area contributed by atoms with Gasteiger partial charge in [0.05, 0.1) is 11.3 Å². The number of hydrogen-bond donors (Lipinski definition) is 0. The summed E-state index contributed by atoms with van der Waals surface area (Å²) in [5.41, 5.74) is -0.696. The highest BCUT2D eigenvalue weighted by Crippen LogP contribution is 2.36. The van der Waals surface area contributed by atoms with E-state index in [4.69, 9.17) is 0 Å². The number of aromatic nitrogens is 2. The highest BCUT2D eigenvalue weighted by Gasteiger charge is 2.33. The first-order valence-corrected chi connectivity index (χ1v) is 5.39. The maximum Gasteiger partial charge on any atom is 0.417 e. The lowest BCUT2D eigenvalue weighted by molar-refractivity contribution is -0.137. The molecule has 0 radical (unpaired) electrons. The van der Waals surface area contributed by atoms with Gasteiger partial charge in [-0.25, -0.2) is 9.97 Å². The molecule has 1 heterocycles. The van der Waals surface area contributed by atoms with Crippen LogP contribution < -0.4 is 0 Å². The van der Waals surface area contributed by atoms with E-state index in [1.807, 2.05) is 0 Å². The predicted molar refractivity (Wildman–Crippen MR) is 62.5 cm³/mol. The molecule has 1 aromatic carbocycles. The zero-order valence-electron chi connectivity index (χ0n) is 9.90. The lowest BCUT2D eigenvalue weighted by atomic mass is 10.0. The highest BCUT2D eigenvalue weighted by molar-refractivity contribution is 5.93. The normalized spacial score (nSPS) is 11.4. The van der Waals surface area contributed by atoms with Gasteiger partial charge in [-0.1, -0.05) is 18.2 Å². The molecule has 0 spiro atoms. The minimum Gasteiger partial charge on any atom is -0.293 e. The van der Waals surface area contributed by atoms with Crippen molar-refractivity contribution in [3.63, 3.8) is 0 Å². The Bertz CT molecular complexity index is 623. The quantitative estimate of drug-likeness (QED) is 0.783. The zero-order valence-corrected chi connectivity index (χ0v) is 9.90. The molecule has 98 valence electrons. The third-order valence-electron chi connectivity index (χ3n) is 2.54. The van der Waals surface area contributed by atoms with Crippen molar-refractivity contribution in [2.45, 2.75) is 13.1 Å². The molecule has 0 amide bonds. The second-order valence-electron chi connectivity index (χ2n) is 3.89. The summed E-state index contributed by atoms with van der Waals surface area (Å²) in [6.45, 7) is 1.29. The standard InChI is InChI=1S/C13H9F3N2O/c1-8(19)11-6-12(18-7-17-11)9-4-2-3-5-10(9)13(14,15)16/h2-7H,1H3. The van der Waals surface area contributed by atoms with Gasteiger partial charge in [0, 0.05) is 12.5 Å². The van der Waals surface area contributed by atoms with Crippen LogP contribution in [0.1, 0.15) is 23.0 Å². The number of benzene rings is 1. The third-order valence-corrected chi connectivity index (χ3v) is 2.54. The Morgan fingerprint density at radius 1 is 1.16 bits per heavy atom. The van der Waals surface area contributed by atoms with Crippen LogP contribution in [0.3, 0.4) is 0 Å². The first-order valence-electron chi connectivity index (χ1n) is 5.39. The Kier molecular flexibility index (Phi) is 3.33. The van der Waals surface area contributed by atoms with E-state index in [1.165, 1.54) is 31.2 Å². The minimum absolute atomic E-state index is 0.0695. The maximum absolute atomic E-state index is 12.9. The number of nitrogens with zero attached hydrogens (tertiary/aromatic N) is 2. The van der Waals surface area contributed by atoms with E-state index in [9.17, 15) is 18.0 Å². The number of alkyl halides is 3. The van der Waals surface area contributed by atoms with Gasteiger partial charge >= 0.3 is 6.18 Å². The minimum atomic E-state index is -4.47. The summed E-state index contributed by atoms with van der Waals surface area (Å²) in [6.07, 6.45) is -3.39. The van der Waals surface area contributed by atoms with E-state index in [0.717, 1.165) is 12.4 Å². The van der Waals surface area contributed by atoms with Crippen LogP contribution in [0.4, 0.5) is 13.2 Å². The summed E-state index contributed by atoms with van der Waals surface area (Å²) in [6, 6.07) is 6.34. The van der Waals surface area contributed by atoms with E-state index >= 15 is 0 Å². The lowest BCUT2D eigenvalue weighted by Gasteiger charge is -2.12. The van der Waals surface area contributed by atoms with Crippen molar-refractivity contribution in [2.24, 2.45) is 0 Å². The van der Waals surface area contributed by atoms with Gasteiger partial charge in [-0.2, -0.15) is 13.2 Å². The molecule has 3 nitrogen and oxygen atoms in total. The first kappa shape index (κ1) is 13.2. The largest absolute Gasteiger partial charge is 0.417 e. The molecule has 2 aromatic rings. The molecule has 0 aliphatic rings. The van der Waals surface area contributed by atoms with Gasteiger partial charge in [-0.3, -0.25) is 4.79 Å². The highest BCUT2D eigenvalue weighted by atomic mass is 19.4. The Labute approximate surface area is 107 Å². The van der Waals surface area contributed by atoms with Crippen LogP contribution in [0.15, 0.2) is 36.7 Å². The number of ketones is 1. The molecule has 2 rings (SSSR count). The predicted octanol–water partition coefficient (Wildman–Crippen LogP) is 3.37. The monoisotopic (exact) mass is 266 g/mol. The third kappa shape index (κ3) is 2.78. The summed E-state index contributed by atoms with van der Waals surface area (Å²) in [5, 5.41) is 0. The van der Waals surface area contributed by atoms with Crippen molar-refractivity contribution in [1.29, 1.82) is 0 Å². The molecule has 1 aromatic heterocycles. The molecule has 19 heavy (non-hydrogen) atoms. The first-order chi connectivity index (χ1) is 8.89. The van der Waals surface area contributed by atoms with Gasteiger partial charge in [0.1, 0.15) is 12.0 Å². The van der Waals surface area contributed by atoms with Crippen LogP contribution >= 0.6 is 0 Å². The summed E-state index contributed by atoms with van der Waals surface area (Å²) >= 11 is 0. The van der Waals surface area contributed by atoms with Crippen LogP contribution in [-0.4, -0.2) is 15.8 Å². The van der Waals surface area contributed by atoms with Crippen LogP contribution in [0.25, 0.3) is 11.3 Å². The second-order valence-corrected chi connectivity index (χ2v) is 3.89. The molecular formula is C13H9F3N2O. The molecule has 6 heteroatoms. The second kappa shape index (κ2) is 4.79. The van der Waals surface area contributed by atoms with Gasteiger partial charge in [0.25, 0.3) is 0 Å². The van der Waals surface area contributed by atoms with Gasteiger partial charge in [0.2, 0.25) is 0 Å². The van der Waals surface area contributed by atoms with Gasteiger partial charge in [0.15, 0.2) is 5.78 Å². The Morgan fingerprint density at radius 2 is 1.84 bits per heavy atom. The molecule has 0 unspecified atom stereocenters.